The summed E-state index contributed by atoms with van der Waals surface area (Å²) in [7, 11) is 0. The lowest BCUT2D eigenvalue weighted by Crippen LogP contribution is -2.87. The molecule has 0 aliphatic carbocycles. The van der Waals surface area contributed by atoms with E-state index < -0.39 is 11.2 Å². The van der Waals surface area contributed by atoms with Crippen molar-refractivity contribution in [3.63, 3.8) is 0 Å². The number of quaternary nitrogens is 1. The number of hydrogen-bond donors (Lipinski definition) is 4. The van der Waals surface area contributed by atoms with Crippen molar-refractivity contribution < 1.29 is 10.4 Å². The summed E-state index contributed by atoms with van der Waals surface area (Å²) in [5.41, 5.74) is 2.20. The van der Waals surface area contributed by atoms with Crippen molar-refractivity contribution in [3.05, 3.63) is 61.9 Å². The Kier molecular flexibility index (Phi) is 3.54. The molecule has 0 spiro atoms. The van der Waals surface area contributed by atoms with Gasteiger partial charge in [0.25, 0.3) is 5.56 Å². The molecule has 1 aliphatic heterocycles. The fourth-order valence-corrected chi connectivity index (χ4v) is 3.84. The molecule has 1 aliphatic rings. The summed E-state index contributed by atoms with van der Waals surface area (Å²) in [4.78, 5) is 30.3. The summed E-state index contributed by atoms with van der Waals surface area (Å²) in [6.07, 6.45) is 0.887. The minimum atomic E-state index is -0.589. The van der Waals surface area contributed by atoms with E-state index in [0.29, 0.717) is 0 Å². The van der Waals surface area contributed by atoms with Crippen LogP contribution >= 0.6 is 0 Å². The maximum absolute atomic E-state index is 12.5. The van der Waals surface area contributed by atoms with Gasteiger partial charge in [-0.3, -0.25) is 14.3 Å². The first kappa shape index (κ1) is 15.7. The second-order valence-electron chi connectivity index (χ2n) is 6.78. The van der Waals surface area contributed by atoms with Crippen molar-refractivity contribution in [3.8, 4) is 5.88 Å². The van der Waals surface area contributed by atoms with E-state index in [1.807, 2.05) is 23.5 Å². The van der Waals surface area contributed by atoms with Crippen LogP contribution < -0.4 is 16.6 Å². The predicted molar refractivity (Wildman–Crippen MR) is 94.0 cm³/mol. The first-order valence-corrected chi connectivity index (χ1v) is 8.49. The molecule has 0 bridgehead atoms. The van der Waals surface area contributed by atoms with Gasteiger partial charge in [-0.25, -0.2) is 4.79 Å². The molecule has 5 N–H and O–H groups in total. The summed E-state index contributed by atoms with van der Waals surface area (Å²) in [5.74, 6) is -0.253. The molecule has 25 heavy (non-hydrogen) atoms. The molecule has 0 saturated carbocycles. The molecule has 7 heteroatoms. The zero-order valence-corrected chi connectivity index (χ0v) is 14.2. The van der Waals surface area contributed by atoms with Gasteiger partial charge in [-0.05, 0) is 25.5 Å². The molecular formula is C18H21N4O3+. The van der Waals surface area contributed by atoms with Gasteiger partial charge in [0.15, 0.2) is 6.04 Å². The average molecular weight is 341 g/mol. The molecule has 1 aromatic carbocycles. The molecule has 0 unspecified atom stereocenters. The SMILES string of the molecule is CC(C)n1c(O)c([C@@H]2[NH2+]CCc3c2[nH]c2ccccc32)c(=O)[nH]c1=O. The second kappa shape index (κ2) is 5.63. The minimum absolute atomic E-state index is 0.223. The summed E-state index contributed by atoms with van der Waals surface area (Å²) in [6.45, 7) is 4.39. The Morgan fingerprint density at radius 2 is 2.00 bits per heavy atom. The summed E-state index contributed by atoms with van der Waals surface area (Å²) in [6, 6.07) is 7.40. The van der Waals surface area contributed by atoms with Gasteiger partial charge < -0.3 is 15.4 Å². The summed E-state index contributed by atoms with van der Waals surface area (Å²) in [5, 5.41) is 13.8. The lowest BCUT2D eigenvalue weighted by Gasteiger charge is -2.23. The topological polar surface area (TPSA) is 107 Å². The van der Waals surface area contributed by atoms with E-state index in [2.05, 4.69) is 16.0 Å². The van der Waals surface area contributed by atoms with Crippen LogP contribution in [0.25, 0.3) is 10.9 Å². The highest BCUT2D eigenvalue weighted by molar-refractivity contribution is 5.85. The number of nitrogens with zero attached hydrogens (tertiary/aromatic N) is 1. The normalized spacial score (nSPS) is 17.2. The number of nitrogens with one attached hydrogen (secondary N) is 2. The summed E-state index contributed by atoms with van der Waals surface area (Å²) < 4.78 is 1.22. The average Bonchev–Trinajstić information content (AvgIpc) is 2.93. The van der Waals surface area contributed by atoms with Crippen LogP contribution in [0.2, 0.25) is 0 Å². The second-order valence-corrected chi connectivity index (χ2v) is 6.78. The first-order chi connectivity index (χ1) is 12.0. The van der Waals surface area contributed by atoms with Crippen LogP contribution in [-0.2, 0) is 6.42 Å². The van der Waals surface area contributed by atoms with Crippen molar-refractivity contribution in [2.45, 2.75) is 32.4 Å². The van der Waals surface area contributed by atoms with E-state index in [1.165, 1.54) is 10.1 Å². The van der Waals surface area contributed by atoms with E-state index >= 15 is 0 Å². The Balaban J connectivity index is 1.98. The third kappa shape index (κ3) is 2.31. The van der Waals surface area contributed by atoms with E-state index in [1.54, 1.807) is 13.8 Å². The van der Waals surface area contributed by atoms with Gasteiger partial charge in [-0.2, -0.15) is 0 Å². The van der Waals surface area contributed by atoms with Crippen LogP contribution in [0.3, 0.4) is 0 Å². The largest absolute Gasteiger partial charge is 0.494 e. The molecule has 3 heterocycles. The maximum Gasteiger partial charge on any atom is 0.331 e. The number of benzene rings is 1. The third-order valence-electron chi connectivity index (χ3n) is 4.93. The van der Waals surface area contributed by atoms with Crippen LogP contribution in [0.1, 0.15) is 42.8 Å². The molecule has 0 amide bonds. The molecule has 4 rings (SSSR count). The number of aromatic amines is 2. The smallest absolute Gasteiger partial charge is 0.331 e. The Bertz CT molecular complexity index is 1070. The van der Waals surface area contributed by atoms with Gasteiger partial charge in [0.1, 0.15) is 5.56 Å². The van der Waals surface area contributed by atoms with E-state index in [9.17, 15) is 14.7 Å². The highest BCUT2D eigenvalue weighted by Crippen LogP contribution is 2.32. The van der Waals surface area contributed by atoms with Gasteiger partial charge in [-0.1, -0.05) is 18.2 Å². The van der Waals surface area contributed by atoms with Crippen molar-refractivity contribution in [1.82, 2.24) is 14.5 Å². The third-order valence-corrected chi connectivity index (χ3v) is 4.93. The Morgan fingerprint density at radius 3 is 2.76 bits per heavy atom. The van der Waals surface area contributed by atoms with Gasteiger partial charge in [-0.15, -0.1) is 0 Å². The van der Waals surface area contributed by atoms with Gasteiger partial charge in [0, 0.05) is 23.4 Å². The van der Waals surface area contributed by atoms with Crippen LogP contribution in [0, 0.1) is 0 Å². The standard InChI is InChI=1S/C18H20N4O3/c1-9(2)22-17(24)13(16(23)21-18(22)25)15-14-11(7-8-19-15)10-5-3-4-6-12(10)20-14/h3-6,9,15,19-20,24H,7-8H2,1-2H3,(H,21,23,25)/p+1/t15-/m0/s1. The molecule has 130 valence electrons. The number of hydrogen-bond acceptors (Lipinski definition) is 3. The zero-order valence-electron chi connectivity index (χ0n) is 14.2. The van der Waals surface area contributed by atoms with Crippen LogP contribution in [0.15, 0.2) is 33.9 Å². The molecule has 3 aromatic rings. The molecule has 0 radical (unpaired) electrons. The van der Waals surface area contributed by atoms with Gasteiger partial charge in [0.05, 0.1) is 12.2 Å². The maximum atomic E-state index is 12.5. The molecule has 1 atom stereocenters. The van der Waals surface area contributed by atoms with Crippen molar-refractivity contribution in [1.29, 1.82) is 0 Å². The van der Waals surface area contributed by atoms with Crippen molar-refractivity contribution in [2.75, 3.05) is 6.54 Å². The lowest BCUT2D eigenvalue weighted by molar-refractivity contribution is -0.690. The quantitative estimate of drug-likeness (QED) is 0.545. The number of fused-ring (bicyclic) bond motifs is 3. The van der Waals surface area contributed by atoms with Crippen LogP contribution in [-0.4, -0.2) is 26.2 Å². The first-order valence-electron chi connectivity index (χ1n) is 8.49. The van der Waals surface area contributed by atoms with Crippen molar-refractivity contribution in [2.24, 2.45) is 0 Å². The highest BCUT2D eigenvalue weighted by atomic mass is 16.3. The fourth-order valence-electron chi connectivity index (χ4n) is 3.84. The van der Waals surface area contributed by atoms with Crippen LogP contribution in [0.4, 0.5) is 0 Å². The minimum Gasteiger partial charge on any atom is -0.494 e. The monoisotopic (exact) mass is 341 g/mol. The predicted octanol–water partition coefficient (Wildman–Crippen LogP) is 0.513. The Morgan fingerprint density at radius 1 is 1.24 bits per heavy atom. The lowest BCUT2D eigenvalue weighted by atomic mass is 9.95. The number of aromatic nitrogens is 3. The number of para-hydroxylation sites is 1. The van der Waals surface area contributed by atoms with Gasteiger partial charge in [0.2, 0.25) is 5.88 Å². The molecule has 2 aromatic heterocycles. The van der Waals surface area contributed by atoms with Crippen molar-refractivity contribution >= 4 is 10.9 Å². The van der Waals surface area contributed by atoms with Gasteiger partial charge >= 0.3 is 5.69 Å². The van der Waals surface area contributed by atoms with E-state index in [-0.39, 0.29) is 23.5 Å². The zero-order chi connectivity index (χ0) is 17.7. The number of nitrogens with two attached hydrogens (primary N) is 1. The van der Waals surface area contributed by atoms with Crippen LogP contribution in [0.5, 0.6) is 5.88 Å². The van der Waals surface area contributed by atoms with E-state index in [0.717, 1.165) is 29.6 Å². The number of H-pyrrole nitrogens is 2. The molecular weight excluding hydrogens is 320 g/mol. The Labute approximate surface area is 143 Å². The molecule has 7 nitrogen and oxygen atoms in total. The Hall–Kier alpha value is -2.80. The number of aromatic hydroxyl groups is 1. The molecule has 0 saturated heterocycles. The summed E-state index contributed by atoms with van der Waals surface area (Å²) >= 11 is 0. The molecule has 0 fully saturated rings. The highest BCUT2D eigenvalue weighted by Gasteiger charge is 2.34. The van der Waals surface area contributed by atoms with E-state index in [4.69, 9.17) is 0 Å². The number of rotatable bonds is 2. The fraction of sp³-hybridized carbons (Fsp3) is 0.333.